The first-order chi connectivity index (χ1) is 8.01. The van der Waals surface area contributed by atoms with E-state index in [4.69, 9.17) is 0 Å². The van der Waals surface area contributed by atoms with E-state index in [0.29, 0.717) is 5.41 Å². The Kier molecular flexibility index (Phi) is 3.25. The second kappa shape index (κ2) is 4.53. The van der Waals surface area contributed by atoms with Crippen LogP contribution in [0.15, 0.2) is 30.5 Å². The van der Waals surface area contributed by atoms with Crippen LogP contribution in [0.2, 0.25) is 0 Å². The summed E-state index contributed by atoms with van der Waals surface area (Å²) in [5.74, 6) is 0. The van der Waals surface area contributed by atoms with E-state index in [1.807, 2.05) is 6.07 Å². The van der Waals surface area contributed by atoms with Crippen LogP contribution in [0, 0.1) is 5.41 Å². The molecule has 0 fully saturated rings. The molecule has 2 nitrogen and oxygen atoms in total. The van der Waals surface area contributed by atoms with Gasteiger partial charge in [0.05, 0.1) is 6.61 Å². The Morgan fingerprint density at radius 1 is 1.18 bits per heavy atom. The van der Waals surface area contributed by atoms with Gasteiger partial charge in [0.2, 0.25) is 0 Å². The molecule has 0 aliphatic rings. The zero-order valence-electron chi connectivity index (χ0n) is 10.9. The molecule has 17 heavy (non-hydrogen) atoms. The van der Waals surface area contributed by atoms with Crippen molar-refractivity contribution in [1.29, 1.82) is 0 Å². The first-order valence-electron chi connectivity index (χ1n) is 6.19. The molecule has 0 bridgehead atoms. The highest BCUT2D eigenvalue weighted by atomic mass is 16.3. The summed E-state index contributed by atoms with van der Waals surface area (Å²) in [7, 11) is 0. The van der Waals surface area contributed by atoms with E-state index in [-0.39, 0.29) is 6.61 Å². The maximum Gasteiger partial charge on any atom is 0.0702 e. The third-order valence-electron chi connectivity index (χ3n) is 3.14. The zero-order valence-corrected chi connectivity index (χ0v) is 10.9. The molecule has 0 atom stereocenters. The third kappa shape index (κ3) is 2.70. The molecule has 2 heteroatoms. The molecule has 1 N–H and O–H groups in total. The predicted octanol–water partition coefficient (Wildman–Crippen LogP) is 3.57. The standard InChI is InChI=1S/C15H21NO/c1-15(2,3)8-9-16-10-12(11-17)13-6-4-5-7-14(13)16/h4-7,10,17H,8-9,11H2,1-3H3. The average molecular weight is 231 g/mol. The van der Waals surface area contributed by atoms with Crippen LogP contribution in [0.5, 0.6) is 0 Å². The summed E-state index contributed by atoms with van der Waals surface area (Å²) in [6.07, 6.45) is 3.22. The van der Waals surface area contributed by atoms with Crippen molar-refractivity contribution in [1.82, 2.24) is 4.57 Å². The van der Waals surface area contributed by atoms with Crippen molar-refractivity contribution in [2.45, 2.75) is 40.3 Å². The number of fused-ring (bicyclic) bond motifs is 1. The van der Waals surface area contributed by atoms with Gasteiger partial charge >= 0.3 is 0 Å². The molecular weight excluding hydrogens is 210 g/mol. The summed E-state index contributed by atoms with van der Waals surface area (Å²) < 4.78 is 2.26. The average Bonchev–Trinajstić information content (AvgIpc) is 2.64. The Morgan fingerprint density at radius 2 is 1.88 bits per heavy atom. The zero-order chi connectivity index (χ0) is 12.5. The first kappa shape index (κ1) is 12.2. The number of hydrogen-bond donors (Lipinski definition) is 1. The molecule has 0 aliphatic carbocycles. The van der Waals surface area contributed by atoms with E-state index >= 15 is 0 Å². The van der Waals surface area contributed by atoms with Gasteiger partial charge in [0.15, 0.2) is 0 Å². The number of aryl methyl sites for hydroxylation is 1. The normalized spacial score (nSPS) is 12.2. The second-order valence-corrected chi connectivity index (χ2v) is 5.83. The molecule has 0 saturated heterocycles. The van der Waals surface area contributed by atoms with Gasteiger partial charge in [-0.2, -0.15) is 0 Å². The number of benzene rings is 1. The van der Waals surface area contributed by atoms with Gasteiger partial charge in [-0.05, 0) is 17.9 Å². The van der Waals surface area contributed by atoms with Crippen molar-refractivity contribution < 1.29 is 5.11 Å². The minimum atomic E-state index is 0.114. The smallest absolute Gasteiger partial charge is 0.0702 e. The molecule has 0 radical (unpaired) electrons. The van der Waals surface area contributed by atoms with Crippen LogP contribution in [0.25, 0.3) is 10.9 Å². The van der Waals surface area contributed by atoms with E-state index in [1.54, 1.807) is 0 Å². The molecular formula is C15H21NO. The number of nitrogens with zero attached hydrogens (tertiary/aromatic N) is 1. The molecule has 0 spiro atoms. The maximum atomic E-state index is 9.36. The van der Waals surface area contributed by atoms with Crippen LogP contribution in [-0.4, -0.2) is 9.67 Å². The minimum Gasteiger partial charge on any atom is -0.392 e. The molecule has 0 aliphatic heterocycles. The second-order valence-electron chi connectivity index (χ2n) is 5.83. The van der Waals surface area contributed by atoms with Gasteiger partial charge in [-0.1, -0.05) is 39.0 Å². The van der Waals surface area contributed by atoms with Crippen molar-refractivity contribution in [3.8, 4) is 0 Å². The SMILES string of the molecule is CC(C)(C)CCn1cc(CO)c2ccccc21. The Labute approximate surface area is 103 Å². The van der Waals surface area contributed by atoms with Gasteiger partial charge in [-0.15, -0.1) is 0 Å². The van der Waals surface area contributed by atoms with Crippen LogP contribution in [0.1, 0.15) is 32.8 Å². The van der Waals surface area contributed by atoms with Crippen molar-refractivity contribution in [2.75, 3.05) is 0 Å². The minimum absolute atomic E-state index is 0.114. The number of aliphatic hydroxyl groups excluding tert-OH is 1. The van der Waals surface area contributed by atoms with Crippen LogP contribution in [0.3, 0.4) is 0 Å². The molecule has 1 heterocycles. The summed E-state index contributed by atoms with van der Waals surface area (Å²) in [4.78, 5) is 0. The van der Waals surface area contributed by atoms with Crippen molar-refractivity contribution in [3.05, 3.63) is 36.0 Å². The molecule has 0 amide bonds. The molecule has 0 unspecified atom stereocenters. The van der Waals surface area contributed by atoms with E-state index in [9.17, 15) is 5.11 Å². The van der Waals surface area contributed by atoms with Crippen LogP contribution < -0.4 is 0 Å². The lowest BCUT2D eigenvalue weighted by atomic mass is 9.92. The van der Waals surface area contributed by atoms with E-state index in [2.05, 4.69) is 49.7 Å². The van der Waals surface area contributed by atoms with E-state index in [0.717, 1.165) is 18.5 Å². The molecule has 2 rings (SSSR count). The van der Waals surface area contributed by atoms with Gasteiger partial charge < -0.3 is 9.67 Å². The topological polar surface area (TPSA) is 25.2 Å². The Balaban J connectivity index is 2.34. The largest absolute Gasteiger partial charge is 0.392 e. The lowest BCUT2D eigenvalue weighted by molar-refractivity contribution is 0.282. The Morgan fingerprint density at radius 3 is 2.53 bits per heavy atom. The summed E-state index contributed by atoms with van der Waals surface area (Å²) in [6, 6.07) is 8.28. The number of rotatable bonds is 3. The fourth-order valence-electron chi connectivity index (χ4n) is 2.09. The fraction of sp³-hybridized carbons (Fsp3) is 0.467. The van der Waals surface area contributed by atoms with Gasteiger partial charge in [0, 0.05) is 29.2 Å². The molecule has 92 valence electrons. The van der Waals surface area contributed by atoms with E-state index < -0.39 is 0 Å². The summed E-state index contributed by atoms with van der Waals surface area (Å²) in [5.41, 5.74) is 2.58. The summed E-state index contributed by atoms with van der Waals surface area (Å²) >= 11 is 0. The first-order valence-corrected chi connectivity index (χ1v) is 6.19. The van der Waals surface area contributed by atoms with Crippen molar-refractivity contribution in [2.24, 2.45) is 5.41 Å². The molecule has 0 saturated carbocycles. The monoisotopic (exact) mass is 231 g/mol. The highest BCUT2D eigenvalue weighted by molar-refractivity contribution is 5.83. The van der Waals surface area contributed by atoms with Crippen LogP contribution in [0.4, 0.5) is 0 Å². The molecule has 2 aromatic rings. The molecule has 1 aromatic heterocycles. The Hall–Kier alpha value is -1.28. The van der Waals surface area contributed by atoms with Crippen molar-refractivity contribution >= 4 is 10.9 Å². The lowest BCUT2D eigenvalue weighted by Crippen LogP contribution is -2.09. The van der Waals surface area contributed by atoms with Gasteiger partial charge in [-0.25, -0.2) is 0 Å². The quantitative estimate of drug-likeness (QED) is 0.858. The van der Waals surface area contributed by atoms with Gasteiger partial charge in [0.25, 0.3) is 0 Å². The number of hydrogen-bond acceptors (Lipinski definition) is 1. The lowest BCUT2D eigenvalue weighted by Gasteiger charge is -2.18. The van der Waals surface area contributed by atoms with Crippen LogP contribution in [-0.2, 0) is 13.2 Å². The number of aliphatic hydroxyl groups is 1. The van der Waals surface area contributed by atoms with Crippen molar-refractivity contribution in [3.63, 3.8) is 0 Å². The highest BCUT2D eigenvalue weighted by Crippen LogP contribution is 2.25. The number of para-hydroxylation sites is 1. The van der Waals surface area contributed by atoms with Gasteiger partial charge in [0.1, 0.15) is 0 Å². The Bertz CT molecular complexity index is 505. The van der Waals surface area contributed by atoms with E-state index in [1.165, 1.54) is 10.9 Å². The number of aromatic nitrogens is 1. The highest BCUT2D eigenvalue weighted by Gasteiger charge is 2.12. The molecule has 1 aromatic carbocycles. The summed E-state index contributed by atoms with van der Waals surface area (Å²) in [6.45, 7) is 7.88. The fourth-order valence-corrected chi connectivity index (χ4v) is 2.09. The maximum absolute atomic E-state index is 9.36. The van der Waals surface area contributed by atoms with Gasteiger partial charge in [-0.3, -0.25) is 0 Å². The summed E-state index contributed by atoms with van der Waals surface area (Å²) in [5, 5.41) is 10.5. The third-order valence-corrected chi connectivity index (χ3v) is 3.14. The predicted molar refractivity (Wildman–Crippen MR) is 71.9 cm³/mol. The van der Waals surface area contributed by atoms with Crippen LogP contribution >= 0.6 is 0 Å².